The van der Waals surface area contributed by atoms with E-state index in [1.54, 1.807) is 0 Å². The molecule has 1 aliphatic heterocycles. The van der Waals surface area contributed by atoms with Crippen LogP contribution >= 0.6 is 0 Å². The van der Waals surface area contributed by atoms with E-state index in [1.807, 2.05) is 6.07 Å². The lowest BCUT2D eigenvalue weighted by Gasteiger charge is -2.27. The summed E-state index contributed by atoms with van der Waals surface area (Å²) in [5.41, 5.74) is 12.0. The molecule has 12 rings (SSSR count). The van der Waals surface area contributed by atoms with Crippen LogP contribution in [0.25, 0.3) is 60.2 Å². The van der Waals surface area contributed by atoms with Crippen LogP contribution in [0.2, 0.25) is 0 Å². The van der Waals surface area contributed by atoms with Crippen molar-refractivity contribution >= 4 is 94.0 Å². The molecule has 290 valence electrons. The third kappa shape index (κ3) is 5.76. The molecule has 5 heteroatoms. The second-order valence-corrected chi connectivity index (χ2v) is 17.2. The minimum Gasteiger partial charge on any atom is -0.313 e. The van der Waals surface area contributed by atoms with E-state index in [0.29, 0.717) is 0 Å². The molecular formula is C56H39N3OS. The predicted octanol–water partition coefficient (Wildman–Crippen LogP) is 15.4. The summed E-state index contributed by atoms with van der Waals surface area (Å²) in [7, 11) is -1.38. The molecule has 2 aliphatic rings. The second kappa shape index (κ2) is 14.4. The number of hydrogen-bond acceptors (Lipinski definition) is 3. The average Bonchev–Trinajstić information content (AvgIpc) is 3.79. The van der Waals surface area contributed by atoms with E-state index in [2.05, 4.69) is 221 Å². The number of nitrogens with zero attached hydrogens (tertiary/aromatic N) is 3. The summed E-state index contributed by atoms with van der Waals surface area (Å²) < 4.78 is 17.3. The summed E-state index contributed by atoms with van der Waals surface area (Å²) in [6.07, 6.45) is 8.59. The summed E-state index contributed by atoms with van der Waals surface area (Å²) in [6, 6.07) is 69.1. The fraction of sp³-hybridized carbons (Fsp3) is 0.0357. The molecule has 0 radical (unpaired) electrons. The molecule has 1 aromatic heterocycles. The maximum Gasteiger partial charge on any atom is 0.0863 e. The lowest BCUT2D eigenvalue weighted by Crippen LogP contribution is -2.10. The Morgan fingerprint density at radius 1 is 0.443 bits per heavy atom. The van der Waals surface area contributed by atoms with Crippen LogP contribution in [0.15, 0.2) is 222 Å². The molecule has 61 heavy (non-hydrogen) atoms. The highest BCUT2D eigenvalue weighted by atomic mass is 32.2. The molecular weight excluding hydrogens is 763 g/mol. The molecule has 0 saturated heterocycles. The Morgan fingerprint density at radius 2 is 1.00 bits per heavy atom. The van der Waals surface area contributed by atoms with E-state index in [1.165, 1.54) is 21.9 Å². The third-order valence-corrected chi connectivity index (χ3v) is 13.8. The molecule has 0 bridgehead atoms. The van der Waals surface area contributed by atoms with Gasteiger partial charge < -0.3 is 14.4 Å². The molecule has 10 aromatic rings. The van der Waals surface area contributed by atoms with Crippen molar-refractivity contribution in [3.8, 4) is 11.1 Å². The Labute approximate surface area is 357 Å². The van der Waals surface area contributed by atoms with Gasteiger partial charge >= 0.3 is 0 Å². The van der Waals surface area contributed by atoms with Crippen LogP contribution in [0.1, 0.15) is 12.8 Å². The maximum absolute atomic E-state index is 14.9. The van der Waals surface area contributed by atoms with E-state index in [0.717, 1.165) is 95.1 Å². The largest absolute Gasteiger partial charge is 0.313 e. The average molecular weight is 802 g/mol. The monoisotopic (exact) mass is 801 g/mol. The van der Waals surface area contributed by atoms with E-state index in [-0.39, 0.29) is 0 Å². The zero-order valence-electron chi connectivity index (χ0n) is 33.3. The smallest absolute Gasteiger partial charge is 0.0863 e. The van der Waals surface area contributed by atoms with Crippen molar-refractivity contribution in [1.82, 2.24) is 4.57 Å². The minimum absolute atomic E-state index is 0.841. The number of rotatable bonds is 7. The first-order valence-corrected chi connectivity index (χ1v) is 22.0. The number of aromatic nitrogens is 1. The SMILES string of the molecule is O=S1c2cc(N(c3ccccc3)c3cccc4ccccc34)ccc2-c2cc3c(cc21)c1ccc(N(c2ccccc2)c2cccc4ccccc24)cc1n3C1=CC=CCC1. The number of para-hydroxylation sites is 2. The Hall–Kier alpha value is -7.47. The van der Waals surface area contributed by atoms with E-state index < -0.39 is 10.8 Å². The lowest BCUT2D eigenvalue weighted by molar-refractivity contribution is 0.685. The molecule has 9 aromatic carbocycles. The van der Waals surface area contributed by atoms with Crippen LogP contribution in [-0.2, 0) is 10.8 Å². The van der Waals surface area contributed by atoms with E-state index in [4.69, 9.17) is 0 Å². The zero-order chi connectivity index (χ0) is 40.4. The quantitative estimate of drug-likeness (QED) is 0.161. The van der Waals surface area contributed by atoms with Crippen molar-refractivity contribution < 1.29 is 4.21 Å². The van der Waals surface area contributed by atoms with Crippen LogP contribution in [0, 0.1) is 0 Å². The summed E-state index contributed by atoms with van der Waals surface area (Å²) in [6.45, 7) is 0. The first-order valence-electron chi connectivity index (χ1n) is 20.9. The molecule has 1 unspecified atom stereocenters. The van der Waals surface area contributed by atoms with Gasteiger partial charge in [-0.3, -0.25) is 0 Å². The topological polar surface area (TPSA) is 28.5 Å². The van der Waals surface area contributed by atoms with Crippen LogP contribution in [0.3, 0.4) is 0 Å². The van der Waals surface area contributed by atoms with E-state index in [9.17, 15) is 4.21 Å². The summed E-state index contributed by atoms with van der Waals surface area (Å²) in [5.74, 6) is 0. The highest BCUT2D eigenvalue weighted by Crippen LogP contribution is 2.49. The standard InChI is InChI=1S/C56H39N3OS/c60-61-55-35-44(58(41-22-6-2-7-23-41)52-29-15-19-39-17-11-13-27-46(39)52)31-33-48(55)50-36-54-49(37-56(50)61)47-32-30-43(34-53(47)59(54)42-24-8-3-9-25-42)57(40-20-4-1-5-21-40)51-28-14-18-38-16-10-12-26-45(38)51/h1-8,10-24,26-37H,9,25H2. The van der Waals surface area contributed by atoms with Crippen molar-refractivity contribution in [3.63, 3.8) is 0 Å². The van der Waals surface area contributed by atoms with Gasteiger partial charge in [0.1, 0.15) is 0 Å². The van der Waals surface area contributed by atoms with Crippen LogP contribution in [0.5, 0.6) is 0 Å². The zero-order valence-corrected chi connectivity index (χ0v) is 34.1. The maximum atomic E-state index is 14.9. The Bertz CT molecular complexity index is 3450. The molecule has 0 spiro atoms. The third-order valence-electron chi connectivity index (χ3n) is 12.3. The Morgan fingerprint density at radius 3 is 1.64 bits per heavy atom. The normalized spacial score (nSPS) is 14.4. The van der Waals surface area contributed by atoms with Crippen LogP contribution in [-0.4, -0.2) is 8.78 Å². The number of allylic oxidation sites excluding steroid dienone is 4. The molecule has 1 atom stereocenters. The number of benzene rings is 9. The van der Waals surface area contributed by atoms with Gasteiger partial charge in [0.15, 0.2) is 0 Å². The van der Waals surface area contributed by atoms with Gasteiger partial charge in [0.2, 0.25) is 0 Å². The molecule has 1 aliphatic carbocycles. The van der Waals surface area contributed by atoms with Crippen molar-refractivity contribution in [3.05, 3.63) is 212 Å². The highest BCUT2D eigenvalue weighted by Gasteiger charge is 2.30. The fourth-order valence-corrected chi connectivity index (χ4v) is 11.0. The summed E-state index contributed by atoms with van der Waals surface area (Å²) in [4.78, 5) is 6.36. The Kier molecular flexibility index (Phi) is 8.36. The molecule has 2 heterocycles. The van der Waals surface area contributed by atoms with Crippen LogP contribution < -0.4 is 9.80 Å². The number of anilines is 6. The first-order chi connectivity index (χ1) is 30.2. The van der Waals surface area contributed by atoms with Crippen molar-refractivity contribution in [1.29, 1.82) is 0 Å². The van der Waals surface area contributed by atoms with Gasteiger partial charge in [-0.2, -0.15) is 0 Å². The molecule has 0 saturated carbocycles. The number of fused-ring (bicyclic) bond motifs is 8. The highest BCUT2D eigenvalue weighted by molar-refractivity contribution is 7.85. The molecule has 0 N–H and O–H groups in total. The second-order valence-electron chi connectivity index (χ2n) is 15.8. The minimum atomic E-state index is -1.38. The molecule has 0 fully saturated rings. The fourth-order valence-electron chi connectivity index (χ4n) is 9.58. The number of hydrogen-bond donors (Lipinski definition) is 0. The van der Waals surface area contributed by atoms with Gasteiger partial charge in [-0.25, -0.2) is 4.21 Å². The van der Waals surface area contributed by atoms with Gasteiger partial charge in [-0.1, -0.05) is 133 Å². The van der Waals surface area contributed by atoms with Gasteiger partial charge in [0.25, 0.3) is 0 Å². The summed E-state index contributed by atoms with van der Waals surface area (Å²) >= 11 is 0. The van der Waals surface area contributed by atoms with Crippen molar-refractivity contribution in [2.45, 2.75) is 22.6 Å². The molecule has 4 nitrogen and oxygen atoms in total. The van der Waals surface area contributed by atoms with Gasteiger partial charge in [0, 0.05) is 55.6 Å². The van der Waals surface area contributed by atoms with Gasteiger partial charge in [-0.15, -0.1) is 0 Å². The molecule has 0 amide bonds. The van der Waals surface area contributed by atoms with Gasteiger partial charge in [-0.05, 0) is 108 Å². The first kappa shape index (κ1) is 35.5. The van der Waals surface area contributed by atoms with Gasteiger partial charge in [0.05, 0.1) is 43.0 Å². The summed E-state index contributed by atoms with van der Waals surface area (Å²) in [5, 5.41) is 6.98. The predicted molar refractivity (Wildman–Crippen MR) is 257 cm³/mol. The lowest BCUT2D eigenvalue weighted by atomic mass is 10.0. The van der Waals surface area contributed by atoms with Crippen molar-refractivity contribution in [2.24, 2.45) is 0 Å². The van der Waals surface area contributed by atoms with Crippen molar-refractivity contribution in [2.75, 3.05) is 9.80 Å². The van der Waals surface area contributed by atoms with Crippen LogP contribution in [0.4, 0.5) is 34.1 Å². The Balaban J connectivity index is 1.04. The van der Waals surface area contributed by atoms with E-state index >= 15 is 0 Å².